The first kappa shape index (κ1) is 15.3. The molecular weight excluding hydrogens is 252 g/mol. The molecule has 0 bridgehead atoms. The summed E-state index contributed by atoms with van der Waals surface area (Å²) in [6.45, 7) is 9.03. The van der Waals surface area contributed by atoms with Crippen molar-refractivity contribution in [3.05, 3.63) is 0 Å². The number of rotatable bonds is 4. The molecule has 0 spiro atoms. The maximum atomic E-state index is 12.4. The van der Waals surface area contributed by atoms with E-state index in [4.69, 9.17) is 0 Å². The molecule has 2 fully saturated rings. The van der Waals surface area contributed by atoms with Gasteiger partial charge in [-0.2, -0.15) is 0 Å². The minimum atomic E-state index is 0.213. The number of likely N-dealkylation sites (tertiary alicyclic amines) is 2. The van der Waals surface area contributed by atoms with E-state index >= 15 is 0 Å². The van der Waals surface area contributed by atoms with Crippen LogP contribution in [-0.2, 0) is 9.59 Å². The zero-order valence-electron chi connectivity index (χ0n) is 13.2. The maximum Gasteiger partial charge on any atom is 0.224 e. The van der Waals surface area contributed by atoms with E-state index in [-0.39, 0.29) is 17.2 Å². The molecule has 2 aliphatic rings. The smallest absolute Gasteiger partial charge is 0.224 e. The summed E-state index contributed by atoms with van der Waals surface area (Å²) in [5.74, 6) is 0.446. The first-order valence-corrected chi connectivity index (χ1v) is 7.94. The lowest BCUT2D eigenvalue weighted by Crippen LogP contribution is -2.39. The lowest BCUT2D eigenvalue weighted by molar-refractivity contribution is -0.133. The topological polar surface area (TPSA) is 40.6 Å². The average molecular weight is 280 g/mol. The van der Waals surface area contributed by atoms with Gasteiger partial charge in [-0.25, -0.2) is 0 Å². The van der Waals surface area contributed by atoms with E-state index in [1.807, 2.05) is 4.90 Å². The van der Waals surface area contributed by atoms with Gasteiger partial charge in [0.15, 0.2) is 0 Å². The predicted molar refractivity (Wildman–Crippen MR) is 79.2 cm³/mol. The molecule has 0 unspecified atom stereocenters. The standard InChI is InChI=1S/C16H28N2O2/c1-16(2,3)12-13-6-4-10-18(13)15(20)8-11-17-9-5-7-14(17)19/h13H,4-12H2,1-3H3/t13-/m1/s1. The molecule has 4 heteroatoms. The number of amides is 2. The van der Waals surface area contributed by atoms with Gasteiger partial charge in [0.25, 0.3) is 0 Å². The Morgan fingerprint density at radius 3 is 2.60 bits per heavy atom. The molecule has 0 N–H and O–H groups in total. The monoisotopic (exact) mass is 280 g/mol. The lowest BCUT2D eigenvalue weighted by atomic mass is 9.87. The van der Waals surface area contributed by atoms with Crippen LogP contribution in [0.2, 0.25) is 0 Å². The Balaban J connectivity index is 1.83. The fourth-order valence-corrected chi connectivity index (χ4v) is 3.40. The van der Waals surface area contributed by atoms with Crippen molar-refractivity contribution in [1.82, 2.24) is 9.80 Å². The van der Waals surface area contributed by atoms with Gasteiger partial charge < -0.3 is 9.80 Å². The predicted octanol–water partition coefficient (Wildman–Crippen LogP) is 2.43. The molecule has 2 amide bonds. The van der Waals surface area contributed by atoms with E-state index in [2.05, 4.69) is 25.7 Å². The molecule has 0 aliphatic carbocycles. The normalized spacial score (nSPS) is 23.8. The summed E-state index contributed by atoms with van der Waals surface area (Å²) >= 11 is 0. The summed E-state index contributed by atoms with van der Waals surface area (Å²) in [5, 5.41) is 0. The molecule has 0 radical (unpaired) electrons. The SMILES string of the molecule is CC(C)(C)C[C@H]1CCCN1C(=O)CCN1CCCC1=O. The zero-order valence-corrected chi connectivity index (χ0v) is 13.2. The van der Waals surface area contributed by atoms with Gasteiger partial charge in [0.1, 0.15) is 0 Å². The molecule has 2 heterocycles. The Bertz CT molecular complexity index is 373. The van der Waals surface area contributed by atoms with Gasteiger partial charge in [-0.05, 0) is 31.1 Å². The number of hydrogen-bond acceptors (Lipinski definition) is 2. The van der Waals surface area contributed by atoms with Gasteiger partial charge in [0, 0.05) is 38.5 Å². The Hall–Kier alpha value is -1.06. The van der Waals surface area contributed by atoms with Crippen LogP contribution in [0.4, 0.5) is 0 Å². The Morgan fingerprint density at radius 1 is 1.25 bits per heavy atom. The molecular formula is C16H28N2O2. The van der Waals surface area contributed by atoms with Crippen LogP contribution in [0, 0.1) is 5.41 Å². The fraction of sp³-hybridized carbons (Fsp3) is 0.875. The second-order valence-corrected chi connectivity index (χ2v) is 7.38. The van der Waals surface area contributed by atoms with Crippen molar-refractivity contribution in [3.8, 4) is 0 Å². The molecule has 4 nitrogen and oxygen atoms in total. The van der Waals surface area contributed by atoms with Gasteiger partial charge in [0.05, 0.1) is 0 Å². The first-order chi connectivity index (χ1) is 9.37. The molecule has 2 saturated heterocycles. The zero-order chi connectivity index (χ0) is 14.8. The number of nitrogens with zero attached hydrogens (tertiary/aromatic N) is 2. The van der Waals surface area contributed by atoms with Crippen LogP contribution >= 0.6 is 0 Å². The summed E-state index contributed by atoms with van der Waals surface area (Å²) < 4.78 is 0. The van der Waals surface area contributed by atoms with Crippen LogP contribution in [0.5, 0.6) is 0 Å². The van der Waals surface area contributed by atoms with Gasteiger partial charge in [-0.1, -0.05) is 20.8 Å². The molecule has 2 aliphatic heterocycles. The summed E-state index contributed by atoms with van der Waals surface area (Å²) in [7, 11) is 0. The van der Waals surface area contributed by atoms with Crippen LogP contribution in [0.25, 0.3) is 0 Å². The summed E-state index contributed by atoms with van der Waals surface area (Å²) in [6.07, 6.45) is 5.42. The highest BCUT2D eigenvalue weighted by molar-refractivity contribution is 5.80. The lowest BCUT2D eigenvalue weighted by Gasteiger charge is -2.31. The Kier molecular flexibility index (Phi) is 4.71. The van der Waals surface area contributed by atoms with E-state index in [0.29, 0.717) is 25.4 Å². The molecule has 2 rings (SSSR count). The van der Waals surface area contributed by atoms with Crippen molar-refractivity contribution in [2.24, 2.45) is 5.41 Å². The second-order valence-electron chi connectivity index (χ2n) is 7.38. The molecule has 0 aromatic carbocycles. The van der Waals surface area contributed by atoms with E-state index in [0.717, 1.165) is 38.8 Å². The average Bonchev–Trinajstić information content (AvgIpc) is 2.93. The summed E-state index contributed by atoms with van der Waals surface area (Å²) in [4.78, 5) is 27.9. The third kappa shape index (κ3) is 3.97. The molecule has 20 heavy (non-hydrogen) atoms. The largest absolute Gasteiger partial charge is 0.342 e. The molecule has 0 aromatic heterocycles. The van der Waals surface area contributed by atoms with Crippen LogP contribution < -0.4 is 0 Å². The Morgan fingerprint density at radius 2 is 2.00 bits per heavy atom. The van der Waals surface area contributed by atoms with Crippen LogP contribution in [0.3, 0.4) is 0 Å². The summed E-state index contributed by atoms with van der Waals surface area (Å²) in [5.41, 5.74) is 0.262. The maximum absolute atomic E-state index is 12.4. The third-order valence-electron chi connectivity index (χ3n) is 4.31. The van der Waals surface area contributed by atoms with Crippen LogP contribution in [0.1, 0.15) is 59.3 Å². The van der Waals surface area contributed by atoms with E-state index in [9.17, 15) is 9.59 Å². The van der Waals surface area contributed by atoms with Crippen molar-refractivity contribution in [2.45, 2.75) is 65.3 Å². The van der Waals surface area contributed by atoms with Gasteiger partial charge in [-0.15, -0.1) is 0 Å². The van der Waals surface area contributed by atoms with Crippen molar-refractivity contribution >= 4 is 11.8 Å². The fourth-order valence-electron chi connectivity index (χ4n) is 3.40. The number of carbonyl (C=O) groups is 2. The van der Waals surface area contributed by atoms with Crippen LogP contribution in [0.15, 0.2) is 0 Å². The Labute approximate surface area is 122 Å². The van der Waals surface area contributed by atoms with Crippen LogP contribution in [-0.4, -0.2) is 47.3 Å². The van der Waals surface area contributed by atoms with Gasteiger partial charge in [-0.3, -0.25) is 9.59 Å². The summed E-state index contributed by atoms with van der Waals surface area (Å²) in [6, 6.07) is 0.400. The second kappa shape index (κ2) is 6.15. The van der Waals surface area contributed by atoms with E-state index in [1.165, 1.54) is 0 Å². The minimum Gasteiger partial charge on any atom is -0.342 e. The third-order valence-corrected chi connectivity index (χ3v) is 4.31. The van der Waals surface area contributed by atoms with Crippen molar-refractivity contribution in [3.63, 3.8) is 0 Å². The molecule has 0 saturated carbocycles. The van der Waals surface area contributed by atoms with Crippen molar-refractivity contribution < 1.29 is 9.59 Å². The molecule has 1 atom stereocenters. The highest BCUT2D eigenvalue weighted by Gasteiger charge is 2.32. The van der Waals surface area contributed by atoms with Gasteiger partial charge in [0.2, 0.25) is 11.8 Å². The van der Waals surface area contributed by atoms with Crippen molar-refractivity contribution in [2.75, 3.05) is 19.6 Å². The number of carbonyl (C=O) groups excluding carboxylic acids is 2. The highest BCUT2D eigenvalue weighted by atomic mass is 16.2. The first-order valence-electron chi connectivity index (χ1n) is 7.94. The van der Waals surface area contributed by atoms with E-state index in [1.54, 1.807) is 0 Å². The van der Waals surface area contributed by atoms with Crippen molar-refractivity contribution in [1.29, 1.82) is 0 Å². The van der Waals surface area contributed by atoms with Gasteiger partial charge >= 0.3 is 0 Å². The molecule has 0 aromatic rings. The quantitative estimate of drug-likeness (QED) is 0.793. The highest BCUT2D eigenvalue weighted by Crippen LogP contribution is 2.30. The molecule has 114 valence electrons. The minimum absolute atomic E-state index is 0.213. The van der Waals surface area contributed by atoms with E-state index < -0.39 is 0 Å². The number of hydrogen-bond donors (Lipinski definition) is 0.